The van der Waals surface area contributed by atoms with E-state index >= 15 is 0 Å². The van der Waals surface area contributed by atoms with Crippen LogP contribution in [0.4, 0.5) is 0 Å². The van der Waals surface area contributed by atoms with Crippen LogP contribution >= 0.6 is 0 Å². The molecule has 4 rings (SSSR count). The van der Waals surface area contributed by atoms with Crippen LogP contribution in [0.2, 0.25) is 0 Å². The Morgan fingerprint density at radius 2 is 1.78 bits per heavy atom. The number of hydrogen-bond acceptors (Lipinski definition) is 3. The maximum absolute atomic E-state index is 12.6. The lowest BCUT2D eigenvalue weighted by atomic mass is 10.1. The number of amides is 1. The second-order valence-corrected chi connectivity index (χ2v) is 8.04. The maximum Gasteiger partial charge on any atom is 0.251 e. The first-order valence-corrected chi connectivity index (χ1v) is 11.1. The van der Waals surface area contributed by atoms with E-state index in [0.29, 0.717) is 18.7 Å². The third-order valence-electron chi connectivity index (χ3n) is 5.55. The molecule has 164 valence electrons. The molecule has 0 spiro atoms. The Balaban J connectivity index is 1.39. The van der Waals surface area contributed by atoms with Gasteiger partial charge >= 0.3 is 0 Å². The van der Waals surface area contributed by atoms with Crippen molar-refractivity contribution in [2.75, 3.05) is 6.61 Å². The molecule has 1 amide bonds. The number of fused-ring (bicyclic) bond motifs is 1. The lowest BCUT2D eigenvalue weighted by molar-refractivity contribution is 0.0949. The largest absolute Gasteiger partial charge is 0.493 e. The molecule has 1 N–H and O–H groups in total. The van der Waals surface area contributed by atoms with E-state index in [0.717, 1.165) is 53.1 Å². The van der Waals surface area contributed by atoms with Gasteiger partial charge in [-0.3, -0.25) is 4.79 Å². The predicted octanol–water partition coefficient (Wildman–Crippen LogP) is 5.44. The van der Waals surface area contributed by atoms with Crippen LogP contribution in [0.3, 0.4) is 0 Å². The van der Waals surface area contributed by atoms with Crippen LogP contribution in [-0.2, 0) is 13.1 Å². The van der Waals surface area contributed by atoms with Crippen molar-refractivity contribution in [2.24, 2.45) is 0 Å². The van der Waals surface area contributed by atoms with Crippen molar-refractivity contribution in [3.05, 3.63) is 95.3 Å². The molecule has 1 aromatic heterocycles. The normalized spacial score (nSPS) is 10.9. The average Bonchev–Trinajstić information content (AvgIpc) is 3.16. The van der Waals surface area contributed by atoms with Crippen LogP contribution < -0.4 is 10.1 Å². The van der Waals surface area contributed by atoms with Gasteiger partial charge in [-0.15, -0.1) is 0 Å². The number of hydrogen-bond donors (Lipinski definition) is 1. The van der Waals surface area contributed by atoms with E-state index in [9.17, 15) is 4.79 Å². The van der Waals surface area contributed by atoms with Gasteiger partial charge in [0.25, 0.3) is 5.91 Å². The molecule has 1 heterocycles. The molecule has 0 bridgehead atoms. The maximum atomic E-state index is 12.6. The summed E-state index contributed by atoms with van der Waals surface area (Å²) >= 11 is 0. The minimum Gasteiger partial charge on any atom is -0.493 e. The molecule has 0 saturated carbocycles. The second kappa shape index (κ2) is 10.1. The summed E-state index contributed by atoms with van der Waals surface area (Å²) in [4.78, 5) is 17.4. The molecule has 0 aliphatic carbocycles. The van der Waals surface area contributed by atoms with E-state index in [4.69, 9.17) is 9.72 Å². The molecule has 32 heavy (non-hydrogen) atoms. The SMILES string of the molecule is Cc1cccc(C(=O)NCc2nc3ccccc3n2CCCCOc2ccccc2C)c1. The number of benzene rings is 3. The van der Waals surface area contributed by atoms with Crippen LogP contribution in [0.25, 0.3) is 11.0 Å². The van der Waals surface area contributed by atoms with Crippen LogP contribution in [-0.4, -0.2) is 22.1 Å². The van der Waals surface area contributed by atoms with Crippen molar-refractivity contribution in [2.45, 2.75) is 39.8 Å². The molecule has 5 heteroatoms. The number of aromatic nitrogens is 2. The highest BCUT2D eigenvalue weighted by atomic mass is 16.5. The quantitative estimate of drug-likeness (QED) is 0.362. The van der Waals surface area contributed by atoms with Crippen LogP contribution in [0.5, 0.6) is 5.75 Å². The topological polar surface area (TPSA) is 56.2 Å². The Kier molecular flexibility index (Phi) is 6.85. The van der Waals surface area contributed by atoms with E-state index in [2.05, 4.69) is 28.9 Å². The Morgan fingerprint density at radius 3 is 2.62 bits per heavy atom. The number of carbonyl (C=O) groups is 1. The summed E-state index contributed by atoms with van der Waals surface area (Å²) < 4.78 is 8.14. The predicted molar refractivity (Wildman–Crippen MR) is 128 cm³/mol. The average molecular weight is 428 g/mol. The Hall–Kier alpha value is -3.60. The molecule has 0 aliphatic rings. The highest BCUT2D eigenvalue weighted by molar-refractivity contribution is 5.94. The minimum atomic E-state index is -0.0843. The van der Waals surface area contributed by atoms with Gasteiger partial charge in [-0.2, -0.15) is 0 Å². The Labute approximate surface area is 189 Å². The Morgan fingerprint density at radius 1 is 0.969 bits per heavy atom. The van der Waals surface area contributed by atoms with Gasteiger partial charge in [0.2, 0.25) is 0 Å². The number of aryl methyl sites for hydroxylation is 3. The number of rotatable bonds is 9. The zero-order chi connectivity index (χ0) is 22.3. The molecule has 0 saturated heterocycles. The van der Waals surface area contributed by atoms with Gasteiger partial charge in [0.1, 0.15) is 11.6 Å². The Bertz CT molecular complexity index is 1210. The van der Waals surface area contributed by atoms with Gasteiger partial charge in [-0.05, 0) is 62.6 Å². The van der Waals surface area contributed by atoms with Gasteiger partial charge in [0.15, 0.2) is 0 Å². The third-order valence-corrected chi connectivity index (χ3v) is 5.55. The summed E-state index contributed by atoms with van der Waals surface area (Å²) in [5.74, 6) is 1.73. The number of nitrogens with one attached hydrogen (secondary N) is 1. The van der Waals surface area contributed by atoms with Gasteiger partial charge < -0.3 is 14.6 Å². The van der Waals surface area contributed by atoms with Crippen molar-refractivity contribution in [1.29, 1.82) is 0 Å². The van der Waals surface area contributed by atoms with Crippen LogP contribution in [0, 0.1) is 13.8 Å². The first-order valence-electron chi connectivity index (χ1n) is 11.1. The summed E-state index contributed by atoms with van der Waals surface area (Å²) in [7, 11) is 0. The molecule has 0 atom stereocenters. The summed E-state index contributed by atoms with van der Waals surface area (Å²) in [6.45, 7) is 5.94. The van der Waals surface area contributed by atoms with E-state index in [1.165, 1.54) is 0 Å². The first-order chi connectivity index (χ1) is 15.6. The smallest absolute Gasteiger partial charge is 0.251 e. The van der Waals surface area contributed by atoms with Crippen molar-refractivity contribution in [1.82, 2.24) is 14.9 Å². The summed E-state index contributed by atoms with van der Waals surface area (Å²) in [5.41, 5.74) is 4.93. The van der Waals surface area contributed by atoms with Gasteiger partial charge in [-0.1, -0.05) is 48.0 Å². The van der Waals surface area contributed by atoms with Gasteiger partial charge in [-0.25, -0.2) is 4.98 Å². The highest BCUT2D eigenvalue weighted by Gasteiger charge is 2.12. The number of para-hydroxylation sites is 3. The molecular weight excluding hydrogens is 398 g/mol. The fourth-order valence-electron chi connectivity index (χ4n) is 3.83. The highest BCUT2D eigenvalue weighted by Crippen LogP contribution is 2.19. The number of ether oxygens (including phenoxy) is 1. The zero-order valence-electron chi connectivity index (χ0n) is 18.7. The van der Waals surface area contributed by atoms with E-state index < -0.39 is 0 Å². The van der Waals surface area contributed by atoms with Gasteiger partial charge in [0.05, 0.1) is 24.2 Å². The third kappa shape index (κ3) is 5.17. The first kappa shape index (κ1) is 21.6. The number of imidazole rings is 1. The second-order valence-electron chi connectivity index (χ2n) is 8.04. The molecule has 0 fully saturated rings. The molecule has 0 unspecified atom stereocenters. The lowest BCUT2D eigenvalue weighted by Crippen LogP contribution is -2.25. The van der Waals surface area contributed by atoms with E-state index in [1.807, 2.05) is 67.6 Å². The van der Waals surface area contributed by atoms with Crippen LogP contribution in [0.1, 0.15) is 40.2 Å². The molecule has 3 aromatic carbocycles. The molecule has 0 aliphatic heterocycles. The summed E-state index contributed by atoms with van der Waals surface area (Å²) in [5, 5.41) is 3.03. The molecule has 0 radical (unpaired) electrons. The monoisotopic (exact) mass is 427 g/mol. The standard InChI is InChI=1S/C27H29N3O2/c1-20-10-9-12-22(18-20)27(31)28-19-26-29-23-13-4-5-14-24(23)30(26)16-7-8-17-32-25-15-6-3-11-21(25)2/h3-6,9-15,18H,7-8,16-17,19H2,1-2H3,(H,28,31). The van der Waals surface area contributed by atoms with Crippen molar-refractivity contribution in [3.63, 3.8) is 0 Å². The van der Waals surface area contributed by atoms with Gasteiger partial charge in [0, 0.05) is 12.1 Å². The van der Waals surface area contributed by atoms with E-state index in [-0.39, 0.29) is 5.91 Å². The fraction of sp³-hybridized carbons (Fsp3) is 0.259. The number of unbranched alkanes of at least 4 members (excludes halogenated alkanes) is 1. The molecule has 4 aromatic rings. The number of nitrogens with zero attached hydrogens (tertiary/aromatic N) is 2. The molecular formula is C27H29N3O2. The van der Waals surface area contributed by atoms with E-state index in [1.54, 1.807) is 0 Å². The minimum absolute atomic E-state index is 0.0843. The van der Waals surface area contributed by atoms with Crippen molar-refractivity contribution in [3.8, 4) is 5.75 Å². The van der Waals surface area contributed by atoms with Crippen LogP contribution in [0.15, 0.2) is 72.8 Å². The van der Waals surface area contributed by atoms with Crippen molar-refractivity contribution < 1.29 is 9.53 Å². The zero-order valence-corrected chi connectivity index (χ0v) is 18.7. The number of carbonyl (C=O) groups excluding carboxylic acids is 1. The van der Waals surface area contributed by atoms with Crippen molar-refractivity contribution >= 4 is 16.9 Å². The summed E-state index contributed by atoms with van der Waals surface area (Å²) in [6, 6.07) is 23.8. The molecule has 5 nitrogen and oxygen atoms in total. The lowest BCUT2D eigenvalue weighted by Gasteiger charge is -2.12. The summed E-state index contributed by atoms with van der Waals surface area (Å²) in [6.07, 6.45) is 1.90. The fourth-order valence-corrected chi connectivity index (χ4v) is 3.83.